The molecular weight excluding hydrogens is 212 g/mol. The van der Waals surface area contributed by atoms with Gasteiger partial charge in [-0.2, -0.15) is 0 Å². The van der Waals surface area contributed by atoms with Gasteiger partial charge in [0.1, 0.15) is 5.82 Å². The van der Waals surface area contributed by atoms with E-state index in [0.29, 0.717) is 5.92 Å². The first-order valence-electron chi connectivity index (χ1n) is 6.50. The minimum atomic E-state index is 0.482. The van der Waals surface area contributed by atoms with Crippen LogP contribution in [0.1, 0.15) is 31.3 Å². The van der Waals surface area contributed by atoms with Crippen molar-refractivity contribution in [2.24, 2.45) is 0 Å². The van der Waals surface area contributed by atoms with Crippen molar-refractivity contribution < 1.29 is 0 Å². The second-order valence-electron chi connectivity index (χ2n) is 4.89. The molecule has 4 heteroatoms. The van der Waals surface area contributed by atoms with Crippen LogP contribution in [0, 0.1) is 0 Å². The Morgan fingerprint density at radius 2 is 2.12 bits per heavy atom. The van der Waals surface area contributed by atoms with Crippen molar-refractivity contribution in [3.63, 3.8) is 0 Å². The number of nitrogens with one attached hydrogen (secondary N) is 1. The summed E-state index contributed by atoms with van der Waals surface area (Å²) in [7, 11) is 0. The van der Waals surface area contributed by atoms with E-state index < -0.39 is 0 Å². The predicted octanol–water partition coefficient (Wildman–Crippen LogP) is 1.05. The Hall–Kier alpha value is -1.00. The lowest BCUT2D eigenvalue weighted by atomic mass is 10.1. The average Bonchev–Trinajstić information content (AvgIpc) is 2.38. The minimum absolute atomic E-state index is 0.482. The molecule has 4 nitrogen and oxygen atoms in total. The van der Waals surface area contributed by atoms with Gasteiger partial charge in [-0.3, -0.25) is 0 Å². The van der Waals surface area contributed by atoms with Crippen LogP contribution >= 0.6 is 0 Å². The highest BCUT2D eigenvalue weighted by Crippen LogP contribution is 2.10. The molecule has 0 bridgehead atoms. The zero-order valence-corrected chi connectivity index (χ0v) is 10.8. The van der Waals surface area contributed by atoms with Gasteiger partial charge >= 0.3 is 0 Å². The van der Waals surface area contributed by atoms with Gasteiger partial charge in [0.05, 0.1) is 0 Å². The molecular formula is C13H22N4. The summed E-state index contributed by atoms with van der Waals surface area (Å²) >= 11 is 0. The lowest BCUT2D eigenvalue weighted by molar-refractivity contribution is 0.242. The number of hydrogen-bond donors (Lipinski definition) is 1. The first kappa shape index (κ1) is 12.5. The van der Waals surface area contributed by atoms with E-state index in [0.717, 1.165) is 50.7 Å². The van der Waals surface area contributed by atoms with E-state index in [1.807, 2.05) is 12.3 Å². The maximum absolute atomic E-state index is 4.60. The molecule has 1 aliphatic heterocycles. The fourth-order valence-electron chi connectivity index (χ4n) is 2.05. The van der Waals surface area contributed by atoms with E-state index in [1.165, 1.54) is 0 Å². The van der Waals surface area contributed by atoms with E-state index in [2.05, 4.69) is 34.0 Å². The summed E-state index contributed by atoms with van der Waals surface area (Å²) in [5.74, 6) is 1.46. The van der Waals surface area contributed by atoms with Gasteiger partial charge in [-0.1, -0.05) is 13.8 Å². The average molecular weight is 234 g/mol. The summed E-state index contributed by atoms with van der Waals surface area (Å²) in [5, 5.41) is 3.36. The molecule has 0 spiro atoms. The molecule has 1 fully saturated rings. The second-order valence-corrected chi connectivity index (χ2v) is 4.89. The standard InChI is InChI=1S/C13H22N4/c1-11(2)12-3-5-15-13(16-12)4-8-17-9-6-14-7-10-17/h3,5,11,14H,4,6-10H2,1-2H3. The second kappa shape index (κ2) is 6.07. The van der Waals surface area contributed by atoms with E-state index in [4.69, 9.17) is 0 Å². The number of nitrogens with zero attached hydrogens (tertiary/aromatic N) is 3. The topological polar surface area (TPSA) is 41.1 Å². The van der Waals surface area contributed by atoms with E-state index in [9.17, 15) is 0 Å². The Morgan fingerprint density at radius 3 is 2.82 bits per heavy atom. The van der Waals surface area contributed by atoms with Crippen LogP contribution in [0.15, 0.2) is 12.3 Å². The predicted molar refractivity (Wildman–Crippen MR) is 69.1 cm³/mol. The third kappa shape index (κ3) is 3.75. The maximum Gasteiger partial charge on any atom is 0.129 e. The summed E-state index contributed by atoms with van der Waals surface area (Å²) in [5.41, 5.74) is 1.15. The zero-order valence-electron chi connectivity index (χ0n) is 10.8. The van der Waals surface area contributed by atoms with Crippen LogP contribution in [0.3, 0.4) is 0 Å². The fraction of sp³-hybridized carbons (Fsp3) is 0.692. The van der Waals surface area contributed by atoms with E-state index in [-0.39, 0.29) is 0 Å². The van der Waals surface area contributed by atoms with Gasteiger partial charge in [0.25, 0.3) is 0 Å². The molecule has 0 unspecified atom stereocenters. The van der Waals surface area contributed by atoms with Crippen molar-refractivity contribution in [1.82, 2.24) is 20.2 Å². The molecule has 1 saturated heterocycles. The van der Waals surface area contributed by atoms with Crippen molar-refractivity contribution in [2.75, 3.05) is 32.7 Å². The summed E-state index contributed by atoms with van der Waals surface area (Å²) in [6.07, 6.45) is 2.84. The summed E-state index contributed by atoms with van der Waals surface area (Å²) in [4.78, 5) is 11.4. The molecule has 0 saturated carbocycles. The van der Waals surface area contributed by atoms with Crippen molar-refractivity contribution in [3.05, 3.63) is 23.8 Å². The highest BCUT2D eigenvalue weighted by Gasteiger charge is 2.10. The van der Waals surface area contributed by atoms with Crippen LogP contribution in [0.2, 0.25) is 0 Å². The Bertz CT molecular complexity index is 345. The van der Waals surface area contributed by atoms with E-state index in [1.54, 1.807) is 0 Å². The molecule has 17 heavy (non-hydrogen) atoms. The third-order valence-electron chi connectivity index (χ3n) is 3.18. The van der Waals surface area contributed by atoms with Gasteiger partial charge in [0, 0.05) is 51.0 Å². The van der Waals surface area contributed by atoms with Crippen LogP contribution in [-0.4, -0.2) is 47.6 Å². The molecule has 0 aliphatic carbocycles. The molecule has 1 aliphatic rings. The van der Waals surface area contributed by atoms with Crippen molar-refractivity contribution >= 4 is 0 Å². The quantitative estimate of drug-likeness (QED) is 0.845. The number of hydrogen-bond acceptors (Lipinski definition) is 4. The largest absolute Gasteiger partial charge is 0.314 e. The SMILES string of the molecule is CC(C)c1ccnc(CCN2CCNCC2)n1. The van der Waals surface area contributed by atoms with Gasteiger partial charge in [0.15, 0.2) is 0 Å². The molecule has 1 aromatic heterocycles. The van der Waals surface area contributed by atoms with E-state index >= 15 is 0 Å². The first-order chi connectivity index (χ1) is 8.25. The van der Waals surface area contributed by atoms with Gasteiger partial charge < -0.3 is 10.2 Å². The normalized spacial score (nSPS) is 17.6. The number of piperazine rings is 1. The number of rotatable bonds is 4. The molecule has 0 aromatic carbocycles. The highest BCUT2D eigenvalue weighted by molar-refractivity contribution is 5.06. The van der Waals surface area contributed by atoms with Gasteiger partial charge in [-0.25, -0.2) is 9.97 Å². The monoisotopic (exact) mass is 234 g/mol. The molecule has 2 heterocycles. The van der Waals surface area contributed by atoms with Crippen LogP contribution in [-0.2, 0) is 6.42 Å². The summed E-state index contributed by atoms with van der Waals surface area (Å²) in [6, 6.07) is 2.01. The third-order valence-corrected chi connectivity index (χ3v) is 3.18. The molecule has 2 rings (SSSR count). The molecule has 1 N–H and O–H groups in total. The molecule has 0 amide bonds. The Balaban J connectivity index is 1.87. The number of aromatic nitrogens is 2. The van der Waals surface area contributed by atoms with Crippen LogP contribution in [0.25, 0.3) is 0 Å². The first-order valence-corrected chi connectivity index (χ1v) is 6.50. The molecule has 0 atom stereocenters. The highest BCUT2D eigenvalue weighted by atomic mass is 15.2. The fourth-order valence-corrected chi connectivity index (χ4v) is 2.05. The molecule has 1 aromatic rings. The van der Waals surface area contributed by atoms with Crippen molar-refractivity contribution in [3.8, 4) is 0 Å². The Morgan fingerprint density at radius 1 is 1.35 bits per heavy atom. The van der Waals surface area contributed by atoms with Gasteiger partial charge in [-0.15, -0.1) is 0 Å². The maximum atomic E-state index is 4.60. The van der Waals surface area contributed by atoms with Gasteiger partial charge in [-0.05, 0) is 12.0 Å². The van der Waals surface area contributed by atoms with Crippen molar-refractivity contribution in [2.45, 2.75) is 26.2 Å². The van der Waals surface area contributed by atoms with Crippen LogP contribution < -0.4 is 5.32 Å². The summed E-state index contributed by atoms with van der Waals surface area (Å²) < 4.78 is 0. The minimum Gasteiger partial charge on any atom is -0.314 e. The lowest BCUT2D eigenvalue weighted by Gasteiger charge is -2.26. The van der Waals surface area contributed by atoms with Crippen LogP contribution in [0.4, 0.5) is 0 Å². The van der Waals surface area contributed by atoms with Crippen molar-refractivity contribution in [1.29, 1.82) is 0 Å². The Kier molecular flexibility index (Phi) is 4.45. The zero-order chi connectivity index (χ0) is 12.1. The Labute approximate surface area is 103 Å². The van der Waals surface area contributed by atoms with Gasteiger partial charge in [0.2, 0.25) is 0 Å². The smallest absolute Gasteiger partial charge is 0.129 e. The lowest BCUT2D eigenvalue weighted by Crippen LogP contribution is -2.44. The summed E-state index contributed by atoms with van der Waals surface area (Å²) in [6.45, 7) is 9.90. The molecule has 94 valence electrons. The molecule has 0 radical (unpaired) electrons. The van der Waals surface area contributed by atoms with Crippen LogP contribution in [0.5, 0.6) is 0 Å².